The van der Waals surface area contributed by atoms with Crippen LogP contribution in [0.4, 0.5) is 17.6 Å². The Kier molecular flexibility index (Phi) is 3.26. The number of rotatable bonds is 3. The van der Waals surface area contributed by atoms with Crippen molar-refractivity contribution in [2.45, 2.75) is 26.2 Å². The van der Waals surface area contributed by atoms with Gasteiger partial charge >= 0.3 is 0 Å². The van der Waals surface area contributed by atoms with Crippen molar-refractivity contribution < 1.29 is 4.52 Å². The van der Waals surface area contributed by atoms with Crippen LogP contribution in [0.2, 0.25) is 0 Å². The number of nitrogens with one attached hydrogen (secondary N) is 1. The van der Waals surface area contributed by atoms with E-state index < -0.39 is 0 Å². The maximum Gasteiger partial charge on any atom is 0.247 e. The molecule has 0 spiro atoms. The maximum absolute atomic E-state index is 5.00. The molecule has 1 saturated heterocycles. The van der Waals surface area contributed by atoms with E-state index in [0.717, 1.165) is 18.8 Å². The van der Waals surface area contributed by atoms with E-state index in [-0.39, 0.29) is 0 Å². The lowest BCUT2D eigenvalue weighted by atomic mass is 10.1. The molecule has 0 atom stereocenters. The first kappa shape index (κ1) is 11.9. The summed E-state index contributed by atoms with van der Waals surface area (Å²) in [6.45, 7) is 3.83. The van der Waals surface area contributed by atoms with Crippen molar-refractivity contribution in [2.75, 3.05) is 23.3 Å². The second kappa shape index (κ2) is 5.21. The van der Waals surface area contributed by atoms with Crippen molar-refractivity contribution in [1.82, 2.24) is 20.3 Å². The zero-order valence-corrected chi connectivity index (χ0v) is 10.8. The molecule has 19 heavy (non-hydrogen) atoms. The summed E-state index contributed by atoms with van der Waals surface area (Å²) in [5.41, 5.74) is 0. The molecule has 0 unspecified atom stereocenters. The summed E-state index contributed by atoms with van der Waals surface area (Å²) in [5, 5.41) is 15.0. The van der Waals surface area contributed by atoms with Gasteiger partial charge in [-0.25, -0.2) is 0 Å². The summed E-state index contributed by atoms with van der Waals surface area (Å²) in [4.78, 5) is 6.62. The number of aryl methyl sites for hydroxylation is 1. The molecule has 0 amide bonds. The fraction of sp³-hybridized carbons (Fsp3) is 0.500. The molecule has 7 heteroatoms. The van der Waals surface area contributed by atoms with E-state index in [0.29, 0.717) is 17.6 Å². The first-order chi connectivity index (χ1) is 9.31. The highest BCUT2D eigenvalue weighted by Gasteiger charge is 2.14. The van der Waals surface area contributed by atoms with Crippen LogP contribution in [0.25, 0.3) is 0 Å². The van der Waals surface area contributed by atoms with E-state index in [4.69, 9.17) is 4.52 Å². The lowest BCUT2D eigenvalue weighted by Crippen LogP contribution is -2.31. The normalized spacial score (nSPS) is 15.5. The summed E-state index contributed by atoms with van der Waals surface area (Å²) in [5.74, 6) is 2.68. The second-order valence-electron chi connectivity index (χ2n) is 4.64. The molecule has 1 fully saturated rings. The zero-order valence-electron chi connectivity index (χ0n) is 10.8. The van der Waals surface area contributed by atoms with Crippen molar-refractivity contribution in [1.29, 1.82) is 0 Å². The molecule has 1 aliphatic rings. The van der Waals surface area contributed by atoms with Gasteiger partial charge in [0.1, 0.15) is 5.76 Å². The largest absolute Gasteiger partial charge is 0.360 e. The molecule has 0 aromatic carbocycles. The molecule has 2 aromatic heterocycles. The molecule has 0 aliphatic carbocycles. The van der Waals surface area contributed by atoms with Crippen LogP contribution in [-0.4, -0.2) is 33.4 Å². The van der Waals surface area contributed by atoms with Crippen molar-refractivity contribution in [3.05, 3.63) is 18.0 Å². The Morgan fingerprint density at radius 3 is 2.79 bits per heavy atom. The number of hydrogen-bond acceptors (Lipinski definition) is 7. The minimum atomic E-state index is 0.627. The first-order valence-electron chi connectivity index (χ1n) is 6.46. The van der Waals surface area contributed by atoms with Gasteiger partial charge < -0.3 is 14.7 Å². The SMILES string of the molecule is Cc1cc(Nc2cnnc(N3CCCCC3)n2)no1. The average Bonchev–Trinajstić information content (AvgIpc) is 2.85. The molecule has 0 radical (unpaired) electrons. The van der Waals surface area contributed by atoms with Crippen LogP contribution < -0.4 is 10.2 Å². The van der Waals surface area contributed by atoms with E-state index in [1.54, 1.807) is 6.20 Å². The van der Waals surface area contributed by atoms with Crippen molar-refractivity contribution >= 4 is 17.6 Å². The standard InChI is InChI=1S/C12H16N6O/c1-9-7-10(17-19-9)14-11-8-13-16-12(15-11)18-5-3-2-4-6-18/h7-8H,2-6H2,1H3,(H,14,15,16,17). The Morgan fingerprint density at radius 2 is 2.05 bits per heavy atom. The van der Waals surface area contributed by atoms with Crippen LogP contribution in [0.3, 0.4) is 0 Å². The predicted molar refractivity (Wildman–Crippen MR) is 70.4 cm³/mol. The summed E-state index contributed by atoms with van der Waals surface area (Å²) in [6, 6.07) is 1.81. The molecule has 1 aliphatic heterocycles. The van der Waals surface area contributed by atoms with E-state index >= 15 is 0 Å². The Morgan fingerprint density at radius 1 is 1.21 bits per heavy atom. The third-order valence-electron chi connectivity index (χ3n) is 3.07. The second-order valence-corrected chi connectivity index (χ2v) is 4.64. The van der Waals surface area contributed by atoms with Crippen molar-refractivity contribution in [2.24, 2.45) is 0 Å². The monoisotopic (exact) mass is 260 g/mol. The molecule has 3 rings (SSSR count). The van der Waals surface area contributed by atoms with Crippen LogP contribution in [0.5, 0.6) is 0 Å². The molecule has 2 aromatic rings. The van der Waals surface area contributed by atoms with Crippen molar-refractivity contribution in [3.8, 4) is 0 Å². The third-order valence-corrected chi connectivity index (χ3v) is 3.07. The molecule has 0 bridgehead atoms. The number of anilines is 3. The van der Waals surface area contributed by atoms with Gasteiger partial charge in [-0.15, -0.1) is 5.10 Å². The van der Waals surface area contributed by atoms with Gasteiger partial charge in [-0.05, 0) is 26.2 Å². The highest BCUT2D eigenvalue weighted by atomic mass is 16.5. The maximum atomic E-state index is 5.00. The van der Waals surface area contributed by atoms with Crippen LogP contribution in [-0.2, 0) is 0 Å². The predicted octanol–water partition coefficient (Wildman–Crippen LogP) is 1.90. The van der Waals surface area contributed by atoms with E-state index in [1.807, 2.05) is 13.0 Å². The Hall–Kier alpha value is -2.18. The number of nitrogens with zero attached hydrogens (tertiary/aromatic N) is 5. The van der Waals surface area contributed by atoms with Gasteiger partial charge in [0, 0.05) is 19.2 Å². The first-order valence-corrected chi connectivity index (χ1v) is 6.46. The van der Waals surface area contributed by atoms with E-state index in [9.17, 15) is 0 Å². The van der Waals surface area contributed by atoms with Gasteiger partial charge in [0.2, 0.25) is 5.95 Å². The van der Waals surface area contributed by atoms with Crippen LogP contribution in [0.1, 0.15) is 25.0 Å². The van der Waals surface area contributed by atoms with Crippen LogP contribution in [0, 0.1) is 6.92 Å². The highest BCUT2D eigenvalue weighted by Crippen LogP contribution is 2.18. The molecule has 1 N–H and O–H groups in total. The van der Waals surface area contributed by atoms with Crippen molar-refractivity contribution in [3.63, 3.8) is 0 Å². The van der Waals surface area contributed by atoms with E-state index in [1.165, 1.54) is 19.3 Å². The lowest BCUT2D eigenvalue weighted by molar-refractivity contribution is 0.400. The molecule has 3 heterocycles. The Balaban J connectivity index is 1.75. The number of aromatic nitrogens is 4. The van der Waals surface area contributed by atoms with Gasteiger partial charge in [-0.3, -0.25) is 0 Å². The fourth-order valence-electron chi connectivity index (χ4n) is 2.14. The van der Waals surface area contributed by atoms with Gasteiger partial charge in [-0.2, -0.15) is 10.1 Å². The Labute approximate surface area is 111 Å². The summed E-state index contributed by atoms with van der Waals surface area (Å²) in [6.07, 6.45) is 5.23. The smallest absolute Gasteiger partial charge is 0.247 e. The van der Waals surface area contributed by atoms with Gasteiger partial charge in [0.15, 0.2) is 11.6 Å². The van der Waals surface area contributed by atoms with Gasteiger partial charge in [0.25, 0.3) is 0 Å². The topological polar surface area (TPSA) is 80.0 Å². The van der Waals surface area contributed by atoms with Gasteiger partial charge in [-0.1, -0.05) is 5.16 Å². The van der Waals surface area contributed by atoms with E-state index in [2.05, 4.69) is 30.6 Å². The molecule has 0 saturated carbocycles. The minimum Gasteiger partial charge on any atom is -0.360 e. The molecule has 7 nitrogen and oxygen atoms in total. The fourth-order valence-corrected chi connectivity index (χ4v) is 2.14. The van der Waals surface area contributed by atoms with Crippen LogP contribution in [0.15, 0.2) is 16.8 Å². The van der Waals surface area contributed by atoms with Crippen LogP contribution >= 0.6 is 0 Å². The number of hydrogen-bond donors (Lipinski definition) is 1. The number of piperidine rings is 1. The zero-order chi connectivity index (χ0) is 13.1. The molecule has 100 valence electrons. The molecular formula is C12H16N6O. The highest BCUT2D eigenvalue weighted by molar-refractivity contribution is 5.51. The minimum absolute atomic E-state index is 0.627. The third kappa shape index (κ3) is 2.81. The average molecular weight is 260 g/mol. The quantitative estimate of drug-likeness (QED) is 0.902. The Bertz CT molecular complexity index is 549. The summed E-state index contributed by atoms with van der Waals surface area (Å²) < 4.78 is 5.00. The lowest BCUT2D eigenvalue weighted by Gasteiger charge is -2.26. The summed E-state index contributed by atoms with van der Waals surface area (Å²) >= 11 is 0. The summed E-state index contributed by atoms with van der Waals surface area (Å²) in [7, 11) is 0. The molecular weight excluding hydrogens is 244 g/mol. The van der Waals surface area contributed by atoms with Gasteiger partial charge in [0.05, 0.1) is 6.20 Å².